The molecule has 0 N–H and O–H groups in total. The van der Waals surface area contributed by atoms with E-state index in [-0.39, 0.29) is 17.4 Å². The zero-order valence-electron chi connectivity index (χ0n) is 17.4. The third kappa shape index (κ3) is 4.32. The summed E-state index contributed by atoms with van der Waals surface area (Å²) in [7, 11) is 0. The number of carbonyl (C=O) groups excluding carboxylic acids is 1. The molecule has 0 aromatic carbocycles. The highest BCUT2D eigenvalue weighted by Crippen LogP contribution is 2.27. The van der Waals surface area contributed by atoms with E-state index >= 15 is 0 Å². The van der Waals surface area contributed by atoms with Crippen LogP contribution < -0.4 is 5.56 Å². The van der Waals surface area contributed by atoms with Crippen molar-refractivity contribution < 1.29 is 4.79 Å². The van der Waals surface area contributed by atoms with E-state index < -0.39 is 0 Å². The molecular weight excluding hydrogens is 352 g/mol. The van der Waals surface area contributed by atoms with Crippen molar-refractivity contribution in [3.05, 3.63) is 27.9 Å². The number of aryl methyl sites for hydroxylation is 1. The zero-order valence-corrected chi connectivity index (χ0v) is 17.4. The molecule has 3 aliphatic heterocycles. The average Bonchev–Trinajstić information content (AvgIpc) is 3.00. The summed E-state index contributed by atoms with van der Waals surface area (Å²) in [5.41, 5.74) is 0.983. The van der Waals surface area contributed by atoms with Crippen LogP contribution in [0.4, 0.5) is 0 Å². The largest absolute Gasteiger partial charge is 0.341 e. The van der Waals surface area contributed by atoms with Crippen molar-refractivity contribution in [1.29, 1.82) is 0 Å². The molecule has 4 heterocycles. The third-order valence-electron chi connectivity index (χ3n) is 6.65. The molecule has 0 radical (unpaired) electrons. The van der Waals surface area contributed by atoms with E-state index in [9.17, 15) is 9.59 Å². The van der Waals surface area contributed by atoms with Crippen LogP contribution in [0.1, 0.15) is 63.4 Å². The lowest BCUT2D eigenvalue weighted by Gasteiger charge is -2.35. The van der Waals surface area contributed by atoms with Crippen molar-refractivity contribution in [3.8, 4) is 0 Å². The smallest absolute Gasteiger partial charge is 0.253 e. The first-order valence-electron chi connectivity index (χ1n) is 11.1. The molecule has 4 rings (SSSR count). The van der Waals surface area contributed by atoms with Crippen LogP contribution in [0.15, 0.2) is 10.9 Å². The number of rotatable bonds is 3. The fraction of sp³-hybridized carbons (Fsp3) is 0.773. The van der Waals surface area contributed by atoms with E-state index in [4.69, 9.17) is 4.98 Å². The normalized spacial score (nSPS) is 28.8. The van der Waals surface area contributed by atoms with E-state index in [0.717, 1.165) is 69.8 Å². The maximum absolute atomic E-state index is 12.8. The van der Waals surface area contributed by atoms with Gasteiger partial charge >= 0.3 is 0 Å². The molecule has 2 fully saturated rings. The SMILES string of the molecule is CC1CC(C)CN(CC(=O)N2CCC(c3cc(=O)n4c(n3)CCCCC4)C2)C1. The molecule has 0 spiro atoms. The van der Waals surface area contributed by atoms with E-state index in [1.807, 2.05) is 9.47 Å². The number of likely N-dealkylation sites (tertiary alicyclic amines) is 2. The molecule has 3 atom stereocenters. The Kier molecular flexibility index (Phi) is 5.85. The lowest BCUT2D eigenvalue weighted by atomic mass is 9.92. The van der Waals surface area contributed by atoms with Gasteiger partial charge < -0.3 is 4.90 Å². The van der Waals surface area contributed by atoms with Gasteiger partial charge in [0.15, 0.2) is 0 Å². The number of nitrogens with zero attached hydrogens (tertiary/aromatic N) is 4. The Morgan fingerprint density at radius 3 is 2.68 bits per heavy atom. The van der Waals surface area contributed by atoms with Gasteiger partial charge in [-0.2, -0.15) is 0 Å². The summed E-state index contributed by atoms with van der Waals surface area (Å²) in [6.07, 6.45) is 6.40. The summed E-state index contributed by atoms with van der Waals surface area (Å²) >= 11 is 0. The van der Waals surface area contributed by atoms with E-state index in [2.05, 4.69) is 18.7 Å². The van der Waals surface area contributed by atoms with E-state index in [0.29, 0.717) is 24.9 Å². The van der Waals surface area contributed by atoms with Crippen molar-refractivity contribution in [2.24, 2.45) is 11.8 Å². The predicted molar refractivity (Wildman–Crippen MR) is 109 cm³/mol. The minimum Gasteiger partial charge on any atom is -0.341 e. The highest BCUT2D eigenvalue weighted by Gasteiger charge is 2.31. The second-order valence-electron chi connectivity index (χ2n) is 9.36. The molecular formula is C22H34N4O2. The summed E-state index contributed by atoms with van der Waals surface area (Å²) in [4.78, 5) is 34.6. The summed E-state index contributed by atoms with van der Waals surface area (Å²) < 4.78 is 1.85. The monoisotopic (exact) mass is 386 g/mol. The molecule has 6 nitrogen and oxygen atoms in total. The lowest BCUT2D eigenvalue weighted by molar-refractivity contribution is -0.132. The molecule has 3 unspecified atom stereocenters. The van der Waals surface area contributed by atoms with Crippen molar-refractivity contribution in [1.82, 2.24) is 19.4 Å². The highest BCUT2D eigenvalue weighted by molar-refractivity contribution is 5.78. The highest BCUT2D eigenvalue weighted by atomic mass is 16.2. The topological polar surface area (TPSA) is 58.4 Å². The zero-order chi connectivity index (χ0) is 19.7. The second-order valence-corrected chi connectivity index (χ2v) is 9.36. The second kappa shape index (κ2) is 8.36. The Labute approximate surface area is 167 Å². The quantitative estimate of drug-likeness (QED) is 0.800. The molecule has 2 saturated heterocycles. The van der Waals surface area contributed by atoms with Gasteiger partial charge in [0, 0.05) is 51.1 Å². The molecule has 0 bridgehead atoms. The van der Waals surface area contributed by atoms with Crippen LogP contribution in [0.25, 0.3) is 0 Å². The van der Waals surface area contributed by atoms with Crippen LogP contribution in [-0.4, -0.2) is 58.0 Å². The van der Waals surface area contributed by atoms with Gasteiger partial charge in [0.25, 0.3) is 5.56 Å². The number of fused-ring (bicyclic) bond motifs is 1. The fourth-order valence-electron chi connectivity index (χ4n) is 5.38. The Morgan fingerprint density at radius 2 is 1.89 bits per heavy atom. The minimum absolute atomic E-state index is 0.0861. The van der Waals surface area contributed by atoms with Crippen molar-refractivity contribution >= 4 is 5.91 Å². The molecule has 154 valence electrons. The maximum Gasteiger partial charge on any atom is 0.253 e. The number of carbonyl (C=O) groups is 1. The summed E-state index contributed by atoms with van der Waals surface area (Å²) in [6.45, 7) is 9.41. The van der Waals surface area contributed by atoms with Crippen LogP contribution in [0.2, 0.25) is 0 Å². The van der Waals surface area contributed by atoms with Gasteiger partial charge in [-0.25, -0.2) is 4.98 Å². The van der Waals surface area contributed by atoms with Crippen molar-refractivity contribution in [2.75, 3.05) is 32.7 Å². The molecule has 0 saturated carbocycles. The number of hydrogen-bond donors (Lipinski definition) is 0. The van der Waals surface area contributed by atoms with Crippen LogP contribution in [0.5, 0.6) is 0 Å². The first-order chi connectivity index (χ1) is 13.5. The molecule has 1 aromatic rings. The summed E-state index contributed by atoms with van der Waals surface area (Å²) in [5.74, 6) is 2.71. The molecule has 1 aromatic heterocycles. The van der Waals surface area contributed by atoms with Gasteiger partial charge in [-0.15, -0.1) is 0 Å². The van der Waals surface area contributed by atoms with Gasteiger partial charge in [0.05, 0.1) is 12.2 Å². The van der Waals surface area contributed by atoms with Crippen LogP contribution in [0.3, 0.4) is 0 Å². The summed E-state index contributed by atoms with van der Waals surface area (Å²) in [5, 5.41) is 0. The molecule has 6 heteroatoms. The van der Waals surface area contributed by atoms with Gasteiger partial charge in [-0.05, 0) is 37.5 Å². The fourth-order valence-corrected chi connectivity index (χ4v) is 5.38. The number of aromatic nitrogens is 2. The maximum atomic E-state index is 12.8. The van der Waals surface area contributed by atoms with Gasteiger partial charge in [-0.3, -0.25) is 19.1 Å². The standard InChI is InChI=1S/C22H34N4O2/c1-16-10-17(2)13-24(12-16)15-22(28)25-9-7-18(14-25)19-11-21(27)26-8-5-3-4-6-20(26)23-19/h11,16-18H,3-10,12-15H2,1-2H3. The van der Waals surface area contributed by atoms with Crippen LogP contribution in [-0.2, 0) is 17.8 Å². The Morgan fingerprint density at radius 1 is 1.11 bits per heavy atom. The van der Waals surface area contributed by atoms with E-state index in [1.54, 1.807) is 6.07 Å². The van der Waals surface area contributed by atoms with Crippen molar-refractivity contribution in [3.63, 3.8) is 0 Å². The first-order valence-corrected chi connectivity index (χ1v) is 11.1. The first kappa shape index (κ1) is 19.6. The number of piperidine rings is 1. The molecule has 3 aliphatic rings. The van der Waals surface area contributed by atoms with Gasteiger partial charge in [-0.1, -0.05) is 20.3 Å². The van der Waals surface area contributed by atoms with Crippen LogP contribution in [0, 0.1) is 11.8 Å². The number of hydrogen-bond acceptors (Lipinski definition) is 4. The lowest BCUT2D eigenvalue weighted by Crippen LogP contribution is -2.45. The van der Waals surface area contributed by atoms with Crippen LogP contribution >= 0.6 is 0 Å². The number of amides is 1. The Balaban J connectivity index is 1.40. The molecule has 0 aliphatic carbocycles. The molecule has 28 heavy (non-hydrogen) atoms. The Hall–Kier alpha value is -1.69. The predicted octanol–water partition coefficient (Wildman–Crippen LogP) is 2.26. The third-order valence-corrected chi connectivity index (χ3v) is 6.65. The summed E-state index contributed by atoms with van der Waals surface area (Å²) in [6, 6.07) is 1.72. The minimum atomic E-state index is 0.0861. The van der Waals surface area contributed by atoms with Gasteiger partial charge in [0.1, 0.15) is 5.82 Å². The van der Waals surface area contributed by atoms with Gasteiger partial charge in [0.2, 0.25) is 5.91 Å². The molecule has 1 amide bonds. The van der Waals surface area contributed by atoms with E-state index in [1.165, 1.54) is 6.42 Å². The average molecular weight is 387 g/mol. The van der Waals surface area contributed by atoms with Crippen molar-refractivity contribution in [2.45, 2.75) is 64.8 Å². The Bertz CT molecular complexity index is 764.